The molecule has 1 aliphatic rings. The summed E-state index contributed by atoms with van der Waals surface area (Å²) in [6, 6.07) is 9.41. The van der Waals surface area contributed by atoms with Gasteiger partial charge in [-0.25, -0.2) is 0 Å². The number of hydrogen-bond acceptors (Lipinski definition) is 2. The molecule has 2 rings (SSSR count). The van der Waals surface area contributed by atoms with Crippen molar-refractivity contribution >= 4 is 5.96 Å². The molecule has 1 aliphatic heterocycles. The minimum atomic E-state index is 0.699. The van der Waals surface area contributed by atoms with Crippen LogP contribution in [0.3, 0.4) is 0 Å². The second-order valence-electron chi connectivity index (χ2n) is 5.76. The zero-order chi connectivity index (χ0) is 15.1. The third-order valence-electron chi connectivity index (χ3n) is 4.34. The predicted molar refractivity (Wildman–Crippen MR) is 89.4 cm³/mol. The number of nitrogens with zero attached hydrogens (tertiary/aromatic N) is 2. The van der Waals surface area contributed by atoms with E-state index in [0.29, 0.717) is 6.04 Å². The van der Waals surface area contributed by atoms with Gasteiger partial charge in [-0.1, -0.05) is 30.7 Å². The van der Waals surface area contributed by atoms with Crippen LogP contribution in [0.15, 0.2) is 29.3 Å². The molecule has 0 aromatic heterocycles. The lowest BCUT2D eigenvalue weighted by Crippen LogP contribution is -2.37. The van der Waals surface area contributed by atoms with Crippen LogP contribution in [0.4, 0.5) is 0 Å². The first-order valence-corrected chi connectivity index (χ1v) is 7.94. The molecule has 0 spiro atoms. The van der Waals surface area contributed by atoms with E-state index in [9.17, 15) is 0 Å². The fraction of sp³-hybridized carbons (Fsp3) is 0.588. The highest BCUT2D eigenvalue weighted by Gasteiger charge is 2.19. The number of piperidine rings is 1. The number of aliphatic imine (C=N–C) groups is 1. The summed E-state index contributed by atoms with van der Waals surface area (Å²) in [7, 11) is 3.68. The molecule has 1 aromatic rings. The van der Waals surface area contributed by atoms with Crippen LogP contribution in [0, 0.1) is 0 Å². The fourth-order valence-corrected chi connectivity index (χ4v) is 2.95. The average molecular weight is 288 g/mol. The quantitative estimate of drug-likeness (QED) is 0.660. The molecule has 1 unspecified atom stereocenters. The van der Waals surface area contributed by atoms with Crippen LogP contribution < -0.4 is 10.6 Å². The van der Waals surface area contributed by atoms with Crippen molar-refractivity contribution in [3.63, 3.8) is 0 Å². The number of rotatable bonds is 4. The first-order chi connectivity index (χ1) is 10.2. The molecule has 1 heterocycles. The van der Waals surface area contributed by atoms with Gasteiger partial charge in [-0.15, -0.1) is 0 Å². The molecule has 1 saturated heterocycles. The molecular weight excluding hydrogens is 260 g/mol. The van der Waals surface area contributed by atoms with Gasteiger partial charge in [0.1, 0.15) is 0 Å². The average Bonchev–Trinajstić information content (AvgIpc) is 2.52. The Kier molecular flexibility index (Phi) is 6.05. The molecule has 4 nitrogen and oxygen atoms in total. The van der Waals surface area contributed by atoms with Crippen LogP contribution >= 0.6 is 0 Å². The Morgan fingerprint density at radius 1 is 1.29 bits per heavy atom. The van der Waals surface area contributed by atoms with Crippen molar-refractivity contribution in [3.05, 3.63) is 35.4 Å². The lowest BCUT2D eigenvalue weighted by atomic mass is 10.0. The van der Waals surface area contributed by atoms with E-state index in [2.05, 4.69) is 51.7 Å². The Morgan fingerprint density at radius 2 is 2.05 bits per heavy atom. The highest BCUT2D eigenvalue weighted by Crippen LogP contribution is 2.20. The second kappa shape index (κ2) is 8.03. The SMILES string of the molecule is CN=C(NC)NCc1ccccc1CN1CCCCC1C. The van der Waals surface area contributed by atoms with Crippen LogP contribution in [0.1, 0.15) is 37.3 Å². The molecule has 0 aliphatic carbocycles. The van der Waals surface area contributed by atoms with Gasteiger partial charge in [0, 0.05) is 33.2 Å². The zero-order valence-corrected chi connectivity index (χ0v) is 13.5. The van der Waals surface area contributed by atoms with Gasteiger partial charge in [-0.05, 0) is 37.4 Å². The van der Waals surface area contributed by atoms with E-state index >= 15 is 0 Å². The molecule has 1 aromatic carbocycles. The lowest BCUT2D eigenvalue weighted by Gasteiger charge is -2.33. The maximum absolute atomic E-state index is 4.16. The van der Waals surface area contributed by atoms with Crippen molar-refractivity contribution in [1.82, 2.24) is 15.5 Å². The van der Waals surface area contributed by atoms with Crippen LogP contribution in [0.5, 0.6) is 0 Å². The van der Waals surface area contributed by atoms with E-state index in [1.54, 1.807) is 7.05 Å². The molecule has 4 heteroatoms. The van der Waals surface area contributed by atoms with Crippen molar-refractivity contribution in [3.8, 4) is 0 Å². The third-order valence-corrected chi connectivity index (χ3v) is 4.34. The summed E-state index contributed by atoms with van der Waals surface area (Å²) in [4.78, 5) is 6.77. The van der Waals surface area contributed by atoms with Crippen molar-refractivity contribution in [1.29, 1.82) is 0 Å². The van der Waals surface area contributed by atoms with Gasteiger partial charge in [-0.3, -0.25) is 9.89 Å². The van der Waals surface area contributed by atoms with Crippen molar-refractivity contribution in [2.45, 2.75) is 45.3 Å². The second-order valence-corrected chi connectivity index (χ2v) is 5.76. The van der Waals surface area contributed by atoms with Crippen LogP contribution in [-0.2, 0) is 13.1 Å². The van der Waals surface area contributed by atoms with E-state index in [1.807, 2.05) is 7.05 Å². The third kappa shape index (κ3) is 4.46. The summed E-state index contributed by atoms with van der Waals surface area (Å²) in [6.07, 6.45) is 4.03. The van der Waals surface area contributed by atoms with E-state index in [1.165, 1.54) is 36.9 Å². The van der Waals surface area contributed by atoms with Gasteiger partial charge in [0.2, 0.25) is 0 Å². The van der Waals surface area contributed by atoms with E-state index in [0.717, 1.165) is 19.0 Å². The molecule has 21 heavy (non-hydrogen) atoms. The first-order valence-electron chi connectivity index (χ1n) is 7.94. The smallest absolute Gasteiger partial charge is 0.190 e. The van der Waals surface area contributed by atoms with E-state index in [-0.39, 0.29) is 0 Å². The van der Waals surface area contributed by atoms with Gasteiger partial charge in [0.25, 0.3) is 0 Å². The monoisotopic (exact) mass is 288 g/mol. The van der Waals surface area contributed by atoms with Crippen LogP contribution in [0.2, 0.25) is 0 Å². The van der Waals surface area contributed by atoms with Crippen molar-refractivity contribution in [2.75, 3.05) is 20.6 Å². The number of hydrogen-bond donors (Lipinski definition) is 2. The molecule has 0 saturated carbocycles. The van der Waals surface area contributed by atoms with E-state index in [4.69, 9.17) is 0 Å². The van der Waals surface area contributed by atoms with Gasteiger partial charge < -0.3 is 10.6 Å². The molecule has 1 fully saturated rings. The minimum Gasteiger partial charge on any atom is -0.359 e. The van der Waals surface area contributed by atoms with Crippen LogP contribution in [0.25, 0.3) is 0 Å². The summed E-state index contributed by atoms with van der Waals surface area (Å²) in [6.45, 7) is 5.44. The van der Waals surface area contributed by atoms with Crippen molar-refractivity contribution < 1.29 is 0 Å². The Labute approximate surface area is 128 Å². The Balaban J connectivity index is 2.02. The molecule has 0 amide bonds. The molecule has 2 N–H and O–H groups in total. The Bertz CT molecular complexity index is 470. The largest absolute Gasteiger partial charge is 0.359 e. The zero-order valence-electron chi connectivity index (χ0n) is 13.5. The summed E-state index contributed by atoms with van der Waals surface area (Å²) >= 11 is 0. The summed E-state index contributed by atoms with van der Waals surface area (Å²) in [5.74, 6) is 0.830. The maximum atomic E-state index is 4.16. The normalized spacial score (nSPS) is 20.3. The number of nitrogens with one attached hydrogen (secondary N) is 2. The first kappa shape index (κ1) is 15.8. The minimum absolute atomic E-state index is 0.699. The molecular formula is C17H28N4. The Morgan fingerprint density at radius 3 is 2.71 bits per heavy atom. The molecule has 1 atom stereocenters. The summed E-state index contributed by atoms with van der Waals surface area (Å²) in [5.41, 5.74) is 2.77. The fourth-order valence-electron chi connectivity index (χ4n) is 2.95. The summed E-state index contributed by atoms with van der Waals surface area (Å²) in [5, 5.41) is 6.40. The van der Waals surface area contributed by atoms with Gasteiger partial charge in [0.15, 0.2) is 5.96 Å². The summed E-state index contributed by atoms with van der Waals surface area (Å²) < 4.78 is 0. The lowest BCUT2D eigenvalue weighted by molar-refractivity contribution is 0.152. The topological polar surface area (TPSA) is 39.7 Å². The predicted octanol–water partition coefficient (Wildman–Crippen LogP) is 2.36. The number of likely N-dealkylation sites (tertiary alicyclic amines) is 1. The molecule has 0 radical (unpaired) electrons. The van der Waals surface area contributed by atoms with Crippen LogP contribution in [-0.4, -0.2) is 37.5 Å². The molecule has 0 bridgehead atoms. The number of guanidine groups is 1. The number of benzene rings is 1. The highest BCUT2D eigenvalue weighted by atomic mass is 15.2. The van der Waals surface area contributed by atoms with Gasteiger partial charge >= 0.3 is 0 Å². The van der Waals surface area contributed by atoms with Gasteiger partial charge in [-0.2, -0.15) is 0 Å². The highest BCUT2D eigenvalue weighted by molar-refractivity contribution is 5.79. The van der Waals surface area contributed by atoms with E-state index < -0.39 is 0 Å². The van der Waals surface area contributed by atoms with Gasteiger partial charge in [0.05, 0.1) is 0 Å². The standard InChI is InChI=1S/C17H28N4/c1-14-8-6-7-11-21(14)13-16-10-5-4-9-15(16)12-20-17(18-2)19-3/h4-5,9-10,14H,6-8,11-13H2,1-3H3,(H2,18,19,20). The Hall–Kier alpha value is -1.55. The van der Waals surface area contributed by atoms with Crippen molar-refractivity contribution in [2.24, 2.45) is 4.99 Å². The molecule has 116 valence electrons. The maximum Gasteiger partial charge on any atom is 0.190 e.